The monoisotopic (exact) mass is 261 g/mol. The van der Waals surface area contributed by atoms with E-state index in [1.807, 2.05) is 0 Å². The van der Waals surface area contributed by atoms with Gasteiger partial charge in [0.1, 0.15) is 0 Å². The lowest BCUT2D eigenvalue weighted by Gasteiger charge is -2.47. The van der Waals surface area contributed by atoms with Crippen LogP contribution < -0.4 is 5.32 Å². The highest BCUT2D eigenvalue weighted by molar-refractivity contribution is 5.81. The highest BCUT2D eigenvalue weighted by atomic mass is 16.2. The van der Waals surface area contributed by atoms with Crippen LogP contribution >= 0.6 is 0 Å². The van der Waals surface area contributed by atoms with Crippen LogP contribution in [0.15, 0.2) is 12.2 Å². The molecule has 4 rings (SSSR count). The first-order valence-electron chi connectivity index (χ1n) is 7.73. The van der Waals surface area contributed by atoms with Crippen molar-refractivity contribution in [1.29, 1.82) is 0 Å². The van der Waals surface area contributed by atoms with E-state index in [4.69, 9.17) is 0 Å². The second kappa shape index (κ2) is 4.60. The molecular weight excluding hydrogens is 238 g/mol. The van der Waals surface area contributed by atoms with Crippen molar-refractivity contribution in [2.45, 2.75) is 18.9 Å². The molecule has 0 spiro atoms. The van der Waals surface area contributed by atoms with Crippen LogP contribution in [-0.4, -0.2) is 61.0 Å². The number of amides is 1. The molecule has 3 atom stereocenters. The first-order valence-corrected chi connectivity index (χ1v) is 7.73. The molecule has 0 aromatic heterocycles. The maximum Gasteiger partial charge on any atom is 0.226 e. The Labute approximate surface area is 114 Å². The van der Waals surface area contributed by atoms with Gasteiger partial charge < -0.3 is 10.2 Å². The van der Waals surface area contributed by atoms with Gasteiger partial charge in [-0.3, -0.25) is 9.69 Å². The van der Waals surface area contributed by atoms with Gasteiger partial charge in [0, 0.05) is 51.2 Å². The summed E-state index contributed by atoms with van der Waals surface area (Å²) in [6.45, 7) is 6.42. The van der Waals surface area contributed by atoms with Crippen LogP contribution in [0.4, 0.5) is 0 Å². The summed E-state index contributed by atoms with van der Waals surface area (Å²) < 4.78 is 0. The Morgan fingerprint density at radius 3 is 2.53 bits per heavy atom. The third kappa shape index (κ3) is 2.01. The van der Waals surface area contributed by atoms with Gasteiger partial charge in [-0.05, 0) is 24.7 Å². The van der Waals surface area contributed by atoms with Crippen molar-refractivity contribution >= 4 is 5.91 Å². The first-order chi connectivity index (χ1) is 9.31. The van der Waals surface area contributed by atoms with Gasteiger partial charge in [0.15, 0.2) is 0 Å². The van der Waals surface area contributed by atoms with Crippen LogP contribution in [0.1, 0.15) is 12.8 Å². The molecule has 2 aliphatic carbocycles. The second-order valence-corrected chi connectivity index (χ2v) is 6.57. The van der Waals surface area contributed by atoms with Crippen LogP contribution in [-0.2, 0) is 4.79 Å². The van der Waals surface area contributed by atoms with Gasteiger partial charge in [0.05, 0.1) is 0 Å². The van der Waals surface area contributed by atoms with E-state index in [0.717, 1.165) is 45.7 Å². The molecule has 104 valence electrons. The zero-order chi connectivity index (χ0) is 12.8. The molecule has 2 heterocycles. The number of rotatable bonds is 2. The van der Waals surface area contributed by atoms with E-state index in [0.29, 0.717) is 29.7 Å². The molecule has 1 amide bonds. The fourth-order valence-corrected chi connectivity index (χ4v) is 4.21. The molecule has 4 nitrogen and oxygen atoms in total. The maximum absolute atomic E-state index is 12.5. The Hall–Kier alpha value is -0.870. The number of carbonyl (C=O) groups is 1. The van der Waals surface area contributed by atoms with Crippen LogP contribution in [0.5, 0.6) is 0 Å². The van der Waals surface area contributed by atoms with E-state index >= 15 is 0 Å². The lowest BCUT2D eigenvalue weighted by molar-refractivity contribution is -0.144. The number of carbonyl (C=O) groups excluding carboxylic acids is 1. The number of hydrogen-bond acceptors (Lipinski definition) is 3. The predicted octanol–water partition coefficient (Wildman–Crippen LogP) is 0.315. The summed E-state index contributed by atoms with van der Waals surface area (Å²) in [5, 5.41) is 3.38. The van der Waals surface area contributed by atoms with Crippen molar-refractivity contribution in [1.82, 2.24) is 15.1 Å². The third-order valence-electron chi connectivity index (χ3n) is 5.44. The van der Waals surface area contributed by atoms with Crippen molar-refractivity contribution in [2.75, 3.05) is 39.3 Å². The second-order valence-electron chi connectivity index (χ2n) is 6.57. The van der Waals surface area contributed by atoms with E-state index in [1.165, 1.54) is 6.42 Å². The Kier molecular flexibility index (Phi) is 2.88. The zero-order valence-electron chi connectivity index (χ0n) is 11.4. The van der Waals surface area contributed by atoms with E-state index in [9.17, 15) is 4.79 Å². The molecule has 4 aliphatic rings. The number of likely N-dealkylation sites (tertiary alicyclic amines) is 1. The third-order valence-corrected chi connectivity index (χ3v) is 5.44. The lowest BCUT2D eigenvalue weighted by atomic mass is 9.90. The van der Waals surface area contributed by atoms with Crippen molar-refractivity contribution in [3.05, 3.63) is 12.2 Å². The highest BCUT2D eigenvalue weighted by Crippen LogP contribution is 2.44. The average Bonchev–Trinajstić information content (AvgIpc) is 3.00. The Morgan fingerprint density at radius 2 is 1.89 bits per heavy atom. The summed E-state index contributed by atoms with van der Waals surface area (Å²) in [6.07, 6.45) is 6.93. The van der Waals surface area contributed by atoms with Crippen molar-refractivity contribution in [3.8, 4) is 0 Å². The number of nitrogens with one attached hydrogen (secondary N) is 1. The van der Waals surface area contributed by atoms with E-state index < -0.39 is 0 Å². The molecule has 3 unspecified atom stereocenters. The molecule has 0 aromatic rings. The summed E-state index contributed by atoms with van der Waals surface area (Å²) in [4.78, 5) is 17.2. The van der Waals surface area contributed by atoms with Crippen LogP contribution in [0, 0.1) is 17.8 Å². The molecule has 0 aromatic carbocycles. The topological polar surface area (TPSA) is 35.6 Å². The largest absolute Gasteiger partial charge is 0.339 e. The highest BCUT2D eigenvalue weighted by Gasteiger charge is 2.44. The SMILES string of the molecule is O=C(C1CC2C=CC1C2)N1CC(N2CCNCC2)C1. The number of allylic oxidation sites excluding steroid dienone is 2. The smallest absolute Gasteiger partial charge is 0.226 e. The van der Waals surface area contributed by atoms with Gasteiger partial charge in [0.25, 0.3) is 0 Å². The lowest BCUT2D eigenvalue weighted by Crippen LogP contribution is -2.64. The number of piperazine rings is 1. The molecule has 4 heteroatoms. The molecule has 19 heavy (non-hydrogen) atoms. The van der Waals surface area contributed by atoms with Crippen LogP contribution in [0.3, 0.4) is 0 Å². The van der Waals surface area contributed by atoms with E-state index in [2.05, 4.69) is 27.3 Å². The Morgan fingerprint density at radius 1 is 1.11 bits per heavy atom. The summed E-state index contributed by atoms with van der Waals surface area (Å²) in [5.41, 5.74) is 0. The molecule has 3 fully saturated rings. The summed E-state index contributed by atoms with van der Waals surface area (Å²) in [6, 6.07) is 0.625. The quantitative estimate of drug-likeness (QED) is 0.727. The molecule has 1 N–H and O–H groups in total. The van der Waals surface area contributed by atoms with Crippen molar-refractivity contribution in [3.63, 3.8) is 0 Å². The summed E-state index contributed by atoms with van der Waals surface area (Å²) in [7, 11) is 0. The standard InChI is InChI=1S/C15H23N3O/c19-15(14-8-11-1-2-12(14)7-11)18-9-13(10-18)17-5-3-16-4-6-17/h1-2,11-14,16H,3-10H2. The maximum atomic E-state index is 12.5. The zero-order valence-corrected chi connectivity index (χ0v) is 11.4. The minimum Gasteiger partial charge on any atom is -0.339 e. The van der Waals surface area contributed by atoms with E-state index in [-0.39, 0.29) is 0 Å². The number of fused-ring (bicyclic) bond motifs is 2. The van der Waals surface area contributed by atoms with Gasteiger partial charge in [-0.25, -0.2) is 0 Å². The van der Waals surface area contributed by atoms with E-state index in [1.54, 1.807) is 0 Å². The van der Waals surface area contributed by atoms with Gasteiger partial charge in [-0.15, -0.1) is 0 Å². The molecule has 0 radical (unpaired) electrons. The Bertz CT molecular complexity index is 396. The van der Waals surface area contributed by atoms with Crippen molar-refractivity contribution < 1.29 is 4.79 Å². The van der Waals surface area contributed by atoms with Gasteiger partial charge >= 0.3 is 0 Å². The summed E-state index contributed by atoms with van der Waals surface area (Å²) >= 11 is 0. The Balaban J connectivity index is 1.31. The summed E-state index contributed by atoms with van der Waals surface area (Å²) in [5.74, 6) is 1.99. The molecule has 2 bridgehead atoms. The fraction of sp³-hybridized carbons (Fsp3) is 0.800. The van der Waals surface area contributed by atoms with Gasteiger partial charge in [0.2, 0.25) is 5.91 Å². The number of hydrogen-bond donors (Lipinski definition) is 1. The van der Waals surface area contributed by atoms with Gasteiger partial charge in [-0.1, -0.05) is 12.2 Å². The number of nitrogens with zero attached hydrogens (tertiary/aromatic N) is 2. The van der Waals surface area contributed by atoms with Crippen molar-refractivity contribution in [2.24, 2.45) is 17.8 Å². The average molecular weight is 261 g/mol. The first kappa shape index (κ1) is 11.9. The minimum atomic E-state index is 0.305. The van der Waals surface area contributed by atoms with Crippen LogP contribution in [0.2, 0.25) is 0 Å². The molecule has 2 aliphatic heterocycles. The van der Waals surface area contributed by atoms with Crippen LogP contribution in [0.25, 0.3) is 0 Å². The minimum absolute atomic E-state index is 0.305. The molecular formula is C15H23N3O. The fourth-order valence-electron chi connectivity index (χ4n) is 4.21. The predicted molar refractivity (Wildman–Crippen MR) is 73.7 cm³/mol. The van der Waals surface area contributed by atoms with Gasteiger partial charge in [-0.2, -0.15) is 0 Å². The molecule has 2 saturated heterocycles. The normalized spacial score (nSPS) is 38.7. The molecule has 1 saturated carbocycles.